The van der Waals surface area contributed by atoms with Gasteiger partial charge in [0.1, 0.15) is 5.82 Å². The van der Waals surface area contributed by atoms with Gasteiger partial charge in [-0.3, -0.25) is 4.90 Å². The van der Waals surface area contributed by atoms with E-state index in [0.29, 0.717) is 6.54 Å². The summed E-state index contributed by atoms with van der Waals surface area (Å²) in [6, 6.07) is 37.9. The molecule has 0 radical (unpaired) electrons. The summed E-state index contributed by atoms with van der Waals surface area (Å²) < 4.78 is 13.9. The number of para-hydroxylation sites is 1. The second-order valence-corrected chi connectivity index (χ2v) is 10.3. The Morgan fingerprint density at radius 1 is 0.683 bits per heavy atom. The maximum Gasteiger partial charge on any atom is 0.165 e. The fraction of sp³-hybridized carbons (Fsp3) is 0.250. The first-order valence-corrected chi connectivity index (χ1v) is 14.4. The number of unbranched alkanes of at least 4 members (excludes halogenated alkanes) is 1. The summed E-state index contributed by atoms with van der Waals surface area (Å²) in [6.07, 6.45) is 2.20. The van der Waals surface area contributed by atoms with E-state index in [1.54, 1.807) is 14.2 Å². The average Bonchev–Trinajstić information content (AvgIpc) is 3.38. The molecule has 5 rings (SSSR count). The highest BCUT2D eigenvalue weighted by molar-refractivity contribution is 5.68. The van der Waals surface area contributed by atoms with Gasteiger partial charge in [-0.25, -0.2) is 4.98 Å². The van der Waals surface area contributed by atoms with E-state index < -0.39 is 0 Å². The van der Waals surface area contributed by atoms with Crippen LogP contribution in [0.5, 0.6) is 11.5 Å². The fourth-order valence-corrected chi connectivity index (χ4v) is 5.38. The van der Waals surface area contributed by atoms with E-state index in [4.69, 9.17) is 14.5 Å². The molecule has 0 aliphatic carbocycles. The largest absolute Gasteiger partial charge is 0.493 e. The standard InChI is InChI=1S/C36H39N3O2/c1-4-5-24-39-32(34(29-18-11-7-12-19-29)37-36(39)30-20-13-8-14-21-30)27-38(25-28-16-9-6-10-17-28)26-31-22-15-23-33(40-2)35(31)41-3/h6-23H,4-5,24-27H2,1-3H3. The average molecular weight is 546 g/mol. The lowest BCUT2D eigenvalue weighted by atomic mass is 10.1. The van der Waals surface area contributed by atoms with Crippen LogP contribution in [0, 0.1) is 0 Å². The first-order chi connectivity index (χ1) is 20.2. The predicted octanol–water partition coefficient (Wildman–Crippen LogP) is 8.24. The molecule has 0 unspecified atom stereocenters. The quantitative estimate of drug-likeness (QED) is 0.149. The molecule has 41 heavy (non-hydrogen) atoms. The molecular weight excluding hydrogens is 506 g/mol. The van der Waals surface area contributed by atoms with Crippen LogP contribution >= 0.6 is 0 Å². The highest BCUT2D eigenvalue weighted by atomic mass is 16.5. The van der Waals surface area contributed by atoms with Crippen LogP contribution in [0.15, 0.2) is 109 Å². The maximum absolute atomic E-state index is 5.83. The van der Waals surface area contributed by atoms with Crippen LogP contribution in [0.3, 0.4) is 0 Å². The van der Waals surface area contributed by atoms with Crippen molar-refractivity contribution >= 4 is 0 Å². The molecule has 5 heteroatoms. The Bertz CT molecular complexity index is 1520. The van der Waals surface area contributed by atoms with Gasteiger partial charge in [-0.2, -0.15) is 0 Å². The number of rotatable bonds is 13. The zero-order valence-electron chi connectivity index (χ0n) is 24.3. The third-order valence-corrected chi connectivity index (χ3v) is 7.39. The Morgan fingerprint density at radius 2 is 1.34 bits per heavy atom. The topological polar surface area (TPSA) is 39.5 Å². The molecule has 0 N–H and O–H groups in total. The predicted molar refractivity (Wildman–Crippen MR) is 167 cm³/mol. The third-order valence-electron chi connectivity index (χ3n) is 7.39. The van der Waals surface area contributed by atoms with Crippen molar-refractivity contribution in [2.75, 3.05) is 14.2 Å². The van der Waals surface area contributed by atoms with Crippen molar-refractivity contribution in [3.05, 3.63) is 126 Å². The number of imidazole rings is 1. The lowest BCUT2D eigenvalue weighted by molar-refractivity contribution is 0.236. The first kappa shape index (κ1) is 28.2. The molecule has 0 spiro atoms. The van der Waals surface area contributed by atoms with Gasteiger partial charge in [-0.05, 0) is 18.1 Å². The van der Waals surface area contributed by atoms with Gasteiger partial charge in [-0.15, -0.1) is 0 Å². The highest BCUT2D eigenvalue weighted by Gasteiger charge is 2.23. The van der Waals surface area contributed by atoms with E-state index >= 15 is 0 Å². The Morgan fingerprint density at radius 3 is 1.98 bits per heavy atom. The summed E-state index contributed by atoms with van der Waals surface area (Å²) in [7, 11) is 3.40. The van der Waals surface area contributed by atoms with E-state index in [2.05, 4.69) is 113 Å². The van der Waals surface area contributed by atoms with Crippen molar-refractivity contribution in [1.29, 1.82) is 0 Å². The minimum absolute atomic E-state index is 0.698. The van der Waals surface area contributed by atoms with Gasteiger partial charge in [-0.1, -0.05) is 116 Å². The van der Waals surface area contributed by atoms with Crippen LogP contribution in [0.25, 0.3) is 22.6 Å². The van der Waals surface area contributed by atoms with E-state index in [0.717, 1.165) is 72.2 Å². The number of benzene rings is 4. The Kier molecular flexibility index (Phi) is 9.50. The molecule has 0 amide bonds. The van der Waals surface area contributed by atoms with Crippen LogP contribution in [0.1, 0.15) is 36.6 Å². The van der Waals surface area contributed by atoms with Crippen LogP contribution in [-0.2, 0) is 26.2 Å². The zero-order valence-corrected chi connectivity index (χ0v) is 24.3. The van der Waals surface area contributed by atoms with Crippen LogP contribution in [-0.4, -0.2) is 28.7 Å². The molecule has 1 heterocycles. The minimum Gasteiger partial charge on any atom is -0.493 e. The normalized spacial score (nSPS) is 11.1. The number of aromatic nitrogens is 2. The van der Waals surface area contributed by atoms with Gasteiger partial charge in [0.05, 0.1) is 25.6 Å². The van der Waals surface area contributed by atoms with E-state index in [9.17, 15) is 0 Å². The van der Waals surface area contributed by atoms with Crippen LogP contribution in [0.4, 0.5) is 0 Å². The minimum atomic E-state index is 0.698. The monoisotopic (exact) mass is 545 g/mol. The molecule has 0 atom stereocenters. The molecule has 210 valence electrons. The second-order valence-electron chi connectivity index (χ2n) is 10.3. The second kappa shape index (κ2) is 13.8. The molecular formula is C36H39N3O2. The molecule has 5 aromatic rings. The maximum atomic E-state index is 5.83. The summed E-state index contributed by atoms with van der Waals surface area (Å²) in [5, 5.41) is 0. The summed E-state index contributed by atoms with van der Waals surface area (Å²) in [4.78, 5) is 7.80. The zero-order chi connectivity index (χ0) is 28.4. The van der Waals surface area contributed by atoms with E-state index in [-0.39, 0.29) is 0 Å². The summed E-state index contributed by atoms with van der Waals surface area (Å²) in [5.41, 5.74) is 6.88. The number of hydrogen-bond donors (Lipinski definition) is 0. The number of hydrogen-bond acceptors (Lipinski definition) is 4. The van der Waals surface area contributed by atoms with Crippen molar-refractivity contribution in [1.82, 2.24) is 14.5 Å². The van der Waals surface area contributed by atoms with E-state index in [1.165, 1.54) is 11.3 Å². The molecule has 0 saturated heterocycles. The van der Waals surface area contributed by atoms with Crippen LogP contribution in [0.2, 0.25) is 0 Å². The number of nitrogens with zero attached hydrogens (tertiary/aromatic N) is 3. The molecule has 0 bridgehead atoms. The summed E-state index contributed by atoms with van der Waals surface area (Å²) >= 11 is 0. The van der Waals surface area contributed by atoms with E-state index in [1.807, 2.05) is 12.1 Å². The Balaban J connectivity index is 1.63. The van der Waals surface area contributed by atoms with Crippen molar-refractivity contribution in [3.63, 3.8) is 0 Å². The molecule has 4 aromatic carbocycles. The molecule has 1 aromatic heterocycles. The van der Waals surface area contributed by atoms with Gasteiger partial charge in [0.25, 0.3) is 0 Å². The third kappa shape index (κ3) is 6.69. The SMILES string of the molecule is CCCCn1c(-c2ccccc2)nc(-c2ccccc2)c1CN(Cc1ccccc1)Cc1cccc(OC)c1OC. The summed E-state index contributed by atoms with van der Waals surface area (Å²) in [5.74, 6) is 2.54. The molecule has 5 nitrogen and oxygen atoms in total. The van der Waals surface area contributed by atoms with Crippen LogP contribution < -0.4 is 9.47 Å². The van der Waals surface area contributed by atoms with Crippen molar-refractivity contribution in [3.8, 4) is 34.1 Å². The Labute approximate surface area is 244 Å². The number of ether oxygens (including phenoxy) is 2. The van der Waals surface area contributed by atoms with Gasteiger partial charge in [0.2, 0.25) is 0 Å². The van der Waals surface area contributed by atoms with Crippen molar-refractivity contribution in [2.24, 2.45) is 0 Å². The van der Waals surface area contributed by atoms with Gasteiger partial charge in [0, 0.05) is 42.9 Å². The van der Waals surface area contributed by atoms with Crippen molar-refractivity contribution in [2.45, 2.75) is 45.9 Å². The van der Waals surface area contributed by atoms with Crippen molar-refractivity contribution < 1.29 is 9.47 Å². The lowest BCUT2D eigenvalue weighted by Crippen LogP contribution is -2.25. The fourth-order valence-electron chi connectivity index (χ4n) is 5.38. The smallest absolute Gasteiger partial charge is 0.165 e. The first-order valence-electron chi connectivity index (χ1n) is 14.4. The number of methoxy groups -OCH3 is 2. The Hall–Kier alpha value is -4.35. The molecule has 0 aliphatic rings. The highest BCUT2D eigenvalue weighted by Crippen LogP contribution is 2.34. The molecule has 0 saturated carbocycles. The molecule has 0 aliphatic heterocycles. The molecule has 0 fully saturated rings. The van der Waals surface area contributed by atoms with Gasteiger partial charge in [0.15, 0.2) is 11.5 Å². The van der Waals surface area contributed by atoms with Gasteiger partial charge >= 0.3 is 0 Å². The summed E-state index contributed by atoms with van der Waals surface area (Å²) in [6.45, 7) is 5.37. The lowest BCUT2D eigenvalue weighted by Gasteiger charge is -2.25. The van der Waals surface area contributed by atoms with Gasteiger partial charge < -0.3 is 14.0 Å².